The van der Waals surface area contributed by atoms with Crippen molar-refractivity contribution in [3.05, 3.63) is 0 Å². The van der Waals surface area contributed by atoms with E-state index >= 15 is 0 Å². The van der Waals surface area contributed by atoms with Gasteiger partial charge in [-0.3, -0.25) is 4.57 Å². The van der Waals surface area contributed by atoms with E-state index in [1.807, 2.05) is 0 Å². The van der Waals surface area contributed by atoms with E-state index in [2.05, 4.69) is 10.1 Å². The van der Waals surface area contributed by atoms with Gasteiger partial charge in [0.15, 0.2) is 0 Å². The van der Waals surface area contributed by atoms with Crippen molar-refractivity contribution >= 4 is 19.7 Å². The molecule has 0 spiro atoms. The van der Waals surface area contributed by atoms with E-state index in [1.54, 1.807) is 20.8 Å². The van der Waals surface area contributed by atoms with Crippen LogP contribution >= 0.6 is 7.60 Å². The predicted octanol–water partition coefficient (Wildman–Crippen LogP) is 3.00. The minimum atomic E-state index is -4.07. The number of carbonyl (C=O) groups is 2. The lowest BCUT2D eigenvalue weighted by Gasteiger charge is -2.25. The van der Waals surface area contributed by atoms with Gasteiger partial charge in [0.05, 0.1) is 20.3 Å². The summed E-state index contributed by atoms with van der Waals surface area (Å²) in [7, 11) is -2.98. The van der Waals surface area contributed by atoms with Crippen molar-refractivity contribution in [1.82, 2.24) is 5.32 Å². The summed E-state index contributed by atoms with van der Waals surface area (Å²) in [6.45, 7) is 7.92. The molecule has 1 N–H and O–H groups in total. The number of alkyl carbamates (subject to hydrolysis) is 1. The Kier molecular flexibility index (Phi) is 9.47. The number of esters is 1. The van der Waals surface area contributed by atoms with Gasteiger partial charge in [0.25, 0.3) is 0 Å². The Morgan fingerprint density at radius 3 is 2.04 bits per heavy atom. The molecule has 24 heavy (non-hydrogen) atoms. The van der Waals surface area contributed by atoms with Gasteiger partial charge in [-0.2, -0.15) is 0 Å². The van der Waals surface area contributed by atoms with E-state index in [-0.39, 0.29) is 13.2 Å². The lowest BCUT2D eigenvalue weighted by Crippen LogP contribution is -2.45. The van der Waals surface area contributed by atoms with Gasteiger partial charge in [-0.15, -0.1) is 0 Å². The predicted molar refractivity (Wildman–Crippen MR) is 85.5 cm³/mol. The minimum absolute atomic E-state index is 0.0277. The molecule has 0 rings (SSSR count). The number of ether oxygens (including phenoxy) is 2. The van der Waals surface area contributed by atoms with E-state index in [4.69, 9.17) is 13.8 Å². The minimum Gasteiger partial charge on any atom is -0.467 e. The molecule has 0 aromatic carbocycles. The summed E-state index contributed by atoms with van der Waals surface area (Å²) >= 11 is 0. The van der Waals surface area contributed by atoms with Gasteiger partial charge in [-0.25, -0.2) is 14.0 Å². The van der Waals surface area contributed by atoms with Gasteiger partial charge in [0.1, 0.15) is 11.6 Å². The number of amides is 1. The molecule has 0 aliphatic carbocycles. The Balaban J connectivity index is 5.10. The topological polar surface area (TPSA) is 100 Å². The van der Waals surface area contributed by atoms with Crippen molar-refractivity contribution < 1.29 is 37.1 Å². The molecule has 142 valence electrons. The van der Waals surface area contributed by atoms with Crippen LogP contribution in [0.5, 0.6) is 0 Å². The van der Waals surface area contributed by atoms with Crippen LogP contribution in [0.15, 0.2) is 0 Å². The highest BCUT2D eigenvalue weighted by molar-refractivity contribution is 7.54. The van der Waals surface area contributed by atoms with Gasteiger partial charge in [0, 0.05) is 6.42 Å². The summed E-state index contributed by atoms with van der Waals surface area (Å²) in [5, 5.41) is 2.20. The first-order valence-corrected chi connectivity index (χ1v) is 9.20. The van der Waals surface area contributed by atoms with Gasteiger partial charge < -0.3 is 23.8 Å². The molecule has 0 saturated heterocycles. The molecule has 0 fully saturated rings. The van der Waals surface area contributed by atoms with Crippen LogP contribution in [-0.4, -0.2) is 49.9 Å². The Labute approximate surface area is 141 Å². The third-order valence-electron chi connectivity index (χ3n) is 2.57. The van der Waals surface area contributed by atoms with Crippen molar-refractivity contribution in [3.63, 3.8) is 0 Å². The molecule has 0 aliphatic heterocycles. The van der Waals surface area contributed by atoms with Crippen LogP contribution in [0.3, 0.4) is 0 Å². The number of nitrogens with one attached hydrogen (secondary N) is 1. The van der Waals surface area contributed by atoms with Gasteiger partial charge >= 0.3 is 19.7 Å². The third-order valence-corrected chi connectivity index (χ3v) is 4.70. The average molecular weight is 370 g/mol. The monoisotopic (exact) mass is 370 g/mol. The lowest BCUT2D eigenvalue weighted by molar-refractivity contribution is -0.143. The zero-order valence-corrected chi connectivity index (χ0v) is 15.9. The van der Waals surface area contributed by atoms with E-state index in [1.165, 1.54) is 13.8 Å². The molecule has 0 radical (unpaired) electrons. The normalized spacial score (nSPS) is 14.6. The number of carbonyl (C=O) groups excluding carboxylic acids is 2. The Morgan fingerprint density at radius 2 is 1.67 bits per heavy atom. The second-order valence-electron chi connectivity index (χ2n) is 5.77. The zero-order valence-electron chi connectivity index (χ0n) is 15.0. The number of hydrogen-bond acceptors (Lipinski definition) is 7. The molecular weight excluding hydrogens is 343 g/mol. The van der Waals surface area contributed by atoms with Gasteiger partial charge in [-0.1, -0.05) is 0 Å². The molecular formula is C14H27FNO7P. The van der Waals surface area contributed by atoms with Crippen molar-refractivity contribution in [3.8, 4) is 0 Å². The maximum Gasteiger partial charge on any atom is 0.408 e. The van der Waals surface area contributed by atoms with Crippen LogP contribution in [-0.2, 0) is 27.9 Å². The molecule has 1 amide bonds. The lowest BCUT2D eigenvalue weighted by atomic mass is 10.2. The van der Waals surface area contributed by atoms with Crippen molar-refractivity contribution in [1.29, 1.82) is 0 Å². The largest absolute Gasteiger partial charge is 0.467 e. The molecule has 0 saturated carbocycles. The van der Waals surface area contributed by atoms with Crippen LogP contribution in [0.1, 0.15) is 41.0 Å². The highest BCUT2D eigenvalue weighted by Gasteiger charge is 2.40. The van der Waals surface area contributed by atoms with Crippen LogP contribution in [0.4, 0.5) is 9.18 Å². The fourth-order valence-corrected chi connectivity index (χ4v) is 3.28. The van der Waals surface area contributed by atoms with Crippen LogP contribution in [0.2, 0.25) is 0 Å². The fourth-order valence-electron chi connectivity index (χ4n) is 1.69. The quantitative estimate of drug-likeness (QED) is 0.492. The number of rotatable bonds is 9. The zero-order chi connectivity index (χ0) is 19.0. The molecule has 0 aromatic rings. The molecule has 2 atom stereocenters. The van der Waals surface area contributed by atoms with E-state index < -0.39 is 43.6 Å². The van der Waals surface area contributed by atoms with E-state index in [0.717, 1.165) is 7.11 Å². The third kappa shape index (κ3) is 8.08. The molecule has 0 aliphatic rings. The number of halogens is 1. The number of alkyl halides is 1. The maximum atomic E-state index is 14.4. The maximum absolute atomic E-state index is 14.4. The summed E-state index contributed by atoms with van der Waals surface area (Å²) in [5.41, 5.74) is -0.800. The second-order valence-corrected chi connectivity index (χ2v) is 7.92. The second kappa shape index (κ2) is 9.96. The van der Waals surface area contributed by atoms with E-state index in [9.17, 15) is 18.5 Å². The van der Waals surface area contributed by atoms with Crippen LogP contribution < -0.4 is 5.32 Å². The van der Waals surface area contributed by atoms with Crippen molar-refractivity contribution in [2.45, 2.75) is 58.6 Å². The van der Waals surface area contributed by atoms with Crippen LogP contribution in [0.25, 0.3) is 0 Å². The summed E-state index contributed by atoms with van der Waals surface area (Å²) < 4.78 is 46.1. The number of hydrogen-bond donors (Lipinski definition) is 1. The highest BCUT2D eigenvalue weighted by Crippen LogP contribution is 2.55. The van der Waals surface area contributed by atoms with Gasteiger partial charge in [-0.05, 0) is 34.6 Å². The Morgan fingerprint density at radius 1 is 1.17 bits per heavy atom. The van der Waals surface area contributed by atoms with Crippen molar-refractivity contribution in [2.24, 2.45) is 0 Å². The first-order valence-electron chi connectivity index (χ1n) is 7.59. The summed E-state index contributed by atoms with van der Waals surface area (Å²) in [6.07, 6.45) is -1.56. The molecule has 1 unspecified atom stereocenters. The summed E-state index contributed by atoms with van der Waals surface area (Å²) in [4.78, 5) is 23.5. The molecule has 0 heterocycles. The first-order chi connectivity index (χ1) is 11.0. The first kappa shape index (κ1) is 22.8. The number of methoxy groups -OCH3 is 1. The molecule has 0 bridgehead atoms. The van der Waals surface area contributed by atoms with Gasteiger partial charge in [0.2, 0.25) is 5.91 Å². The molecule has 8 nitrogen and oxygen atoms in total. The summed E-state index contributed by atoms with van der Waals surface area (Å²) in [5.74, 6) is -3.01. The smallest absolute Gasteiger partial charge is 0.408 e. The SMILES string of the molecule is CCOP(=O)(OCC)C([18F])C[C@H](NC(=O)OC(C)(C)C)C(=O)OC. The van der Waals surface area contributed by atoms with E-state index in [0.29, 0.717) is 0 Å². The Bertz CT molecular complexity index is 457. The standard InChI is InChI=1S/C14H27FNO7P/c1-7-21-24(19,22-8-2)11(15)9-10(12(17)20-6)16-13(18)23-14(3,4)5/h10-11H,7-9H2,1-6H3,(H,16,18)/t10-,11?/m0/s1/i15-1. The van der Waals surface area contributed by atoms with Crippen molar-refractivity contribution in [2.75, 3.05) is 20.3 Å². The van der Waals surface area contributed by atoms with Crippen LogP contribution in [0, 0.1) is 0 Å². The Hall–Kier alpha value is -1.18. The fraction of sp³-hybridized carbons (Fsp3) is 0.857. The average Bonchev–Trinajstić information content (AvgIpc) is 2.44. The molecule has 0 aromatic heterocycles. The molecule has 10 heteroatoms. The summed E-state index contributed by atoms with van der Waals surface area (Å²) in [6, 6.07) is -1.39. The highest BCUT2D eigenvalue weighted by atomic mass is 31.2.